The molecule has 21 heavy (non-hydrogen) atoms. The molecule has 0 saturated carbocycles. The molecule has 0 bridgehead atoms. The topological polar surface area (TPSA) is 33.7 Å². The van der Waals surface area contributed by atoms with Crippen LogP contribution in [0.2, 0.25) is 0 Å². The minimum absolute atomic E-state index is 0.180. The molecule has 4 nitrogen and oxygen atoms in total. The molecule has 0 aromatic heterocycles. The lowest BCUT2D eigenvalue weighted by atomic mass is 10.1. The second kappa shape index (κ2) is 8.37. The Morgan fingerprint density at radius 1 is 1.38 bits per heavy atom. The summed E-state index contributed by atoms with van der Waals surface area (Å²) in [7, 11) is 4.13. The molecular weight excluding hydrogens is 264 g/mol. The Labute approximate surface area is 128 Å². The molecule has 1 N–H and O–H groups in total. The van der Waals surface area contributed by atoms with Crippen LogP contribution in [0.15, 0.2) is 24.3 Å². The highest BCUT2D eigenvalue weighted by Gasteiger charge is 2.18. The normalized spacial score (nSPS) is 21.2. The molecule has 1 fully saturated rings. The van der Waals surface area contributed by atoms with E-state index in [9.17, 15) is 0 Å². The van der Waals surface area contributed by atoms with E-state index in [1.807, 2.05) is 7.05 Å². The van der Waals surface area contributed by atoms with Crippen molar-refractivity contribution < 1.29 is 9.47 Å². The third-order valence-electron chi connectivity index (χ3n) is 4.06. The second-order valence-electron chi connectivity index (χ2n) is 5.94. The SMILES string of the molecule is CNC(C)CCc1ccc(OCC2CN(C)CCO2)cc1. The number of likely N-dealkylation sites (N-methyl/N-ethyl adjacent to an activating group) is 1. The van der Waals surface area contributed by atoms with Gasteiger partial charge in [-0.15, -0.1) is 0 Å². The Kier molecular flexibility index (Phi) is 6.49. The molecule has 0 spiro atoms. The van der Waals surface area contributed by atoms with Crippen molar-refractivity contribution in [2.75, 3.05) is 40.4 Å². The van der Waals surface area contributed by atoms with E-state index >= 15 is 0 Å². The first-order valence-electron chi connectivity index (χ1n) is 7.86. The monoisotopic (exact) mass is 292 g/mol. The minimum atomic E-state index is 0.180. The summed E-state index contributed by atoms with van der Waals surface area (Å²) in [4.78, 5) is 2.28. The molecule has 4 heteroatoms. The van der Waals surface area contributed by atoms with Gasteiger partial charge < -0.3 is 19.7 Å². The number of ether oxygens (including phenoxy) is 2. The number of rotatable bonds is 7. The molecule has 1 heterocycles. The fraction of sp³-hybridized carbons (Fsp3) is 0.647. The van der Waals surface area contributed by atoms with Gasteiger partial charge in [0.2, 0.25) is 0 Å². The van der Waals surface area contributed by atoms with E-state index in [-0.39, 0.29) is 6.10 Å². The zero-order valence-corrected chi connectivity index (χ0v) is 13.5. The van der Waals surface area contributed by atoms with Crippen LogP contribution in [0.3, 0.4) is 0 Å². The maximum Gasteiger partial charge on any atom is 0.119 e. The smallest absolute Gasteiger partial charge is 0.119 e. The van der Waals surface area contributed by atoms with Crippen LogP contribution in [0.4, 0.5) is 0 Å². The predicted molar refractivity (Wildman–Crippen MR) is 86.0 cm³/mol. The minimum Gasteiger partial charge on any atom is -0.491 e. The first-order valence-corrected chi connectivity index (χ1v) is 7.86. The number of morpholine rings is 1. The Balaban J connectivity index is 1.74. The average Bonchev–Trinajstić information content (AvgIpc) is 2.51. The van der Waals surface area contributed by atoms with E-state index in [0.717, 1.165) is 38.3 Å². The summed E-state index contributed by atoms with van der Waals surface area (Å²) in [5, 5.41) is 3.26. The highest BCUT2D eigenvalue weighted by atomic mass is 16.5. The maximum atomic E-state index is 5.83. The highest BCUT2D eigenvalue weighted by Crippen LogP contribution is 2.15. The Morgan fingerprint density at radius 2 is 2.14 bits per heavy atom. The van der Waals surface area contributed by atoms with Crippen molar-refractivity contribution in [2.24, 2.45) is 0 Å². The van der Waals surface area contributed by atoms with Crippen molar-refractivity contribution in [3.63, 3.8) is 0 Å². The van der Waals surface area contributed by atoms with E-state index in [4.69, 9.17) is 9.47 Å². The van der Waals surface area contributed by atoms with E-state index in [2.05, 4.69) is 48.5 Å². The molecule has 2 unspecified atom stereocenters. The lowest BCUT2D eigenvalue weighted by molar-refractivity contribution is -0.0403. The van der Waals surface area contributed by atoms with Crippen LogP contribution in [-0.4, -0.2) is 57.4 Å². The number of nitrogens with one attached hydrogen (secondary N) is 1. The zero-order chi connectivity index (χ0) is 15.1. The van der Waals surface area contributed by atoms with Crippen molar-refractivity contribution >= 4 is 0 Å². The third kappa shape index (κ3) is 5.65. The molecule has 1 aromatic rings. The second-order valence-corrected chi connectivity index (χ2v) is 5.94. The summed E-state index contributed by atoms with van der Waals surface area (Å²) in [6, 6.07) is 9.00. The number of nitrogens with zero attached hydrogens (tertiary/aromatic N) is 1. The number of aryl methyl sites for hydroxylation is 1. The summed E-state index contributed by atoms with van der Waals surface area (Å²) >= 11 is 0. The average molecular weight is 292 g/mol. The van der Waals surface area contributed by atoms with Gasteiger partial charge in [0.15, 0.2) is 0 Å². The molecule has 0 aliphatic carbocycles. The summed E-state index contributed by atoms with van der Waals surface area (Å²) in [5.74, 6) is 0.928. The van der Waals surface area contributed by atoms with Gasteiger partial charge in [-0.2, -0.15) is 0 Å². The zero-order valence-electron chi connectivity index (χ0n) is 13.5. The van der Waals surface area contributed by atoms with Gasteiger partial charge >= 0.3 is 0 Å². The highest BCUT2D eigenvalue weighted by molar-refractivity contribution is 5.27. The standard InChI is InChI=1S/C17H28N2O2/c1-14(18-2)4-5-15-6-8-16(9-7-15)21-13-17-12-19(3)10-11-20-17/h6-9,14,17-18H,4-5,10-13H2,1-3H3. The molecule has 2 atom stereocenters. The Bertz CT molecular complexity index is 408. The molecule has 118 valence electrons. The molecule has 1 aromatic carbocycles. The number of benzene rings is 1. The first-order chi connectivity index (χ1) is 10.2. The molecular formula is C17H28N2O2. The maximum absolute atomic E-state index is 5.83. The van der Waals surface area contributed by atoms with Gasteiger partial charge in [0, 0.05) is 19.1 Å². The van der Waals surface area contributed by atoms with E-state index in [1.54, 1.807) is 0 Å². The van der Waals surface area contributed by atoms with Gasteiger partial charge in [0.25, 0.3) is 0 Å². The van der Waals surface area contributed by atoms with Crippen LogP contribution in [0, 0.1) is 0 Å². The lowest BCUT2D eigenvalue weighted by Crippen LogP contribution is -2.42. The Morgan fingerprint density at radius 3 is 2.81 bits per heavy atom. The molecule has 1 aliphatic heterocycles. The van der Waals surface area contributed by atoms with Crippen molar-refractivity contribution in [2.45, 2.75) is 31.9 Å². The van der Waals surface area contributed by atoms with Crippen LogP contribution in [0.1, 0.15) is 18.9 Å². The summed E-state index contributed by atoms with van der Waals surface area (Å²) in [6.45, 7) is 5.59. The van der Waals surface area contributed by atoms with Crippen LogP contribution in [-0.2, 0) is 11.2 Å². The van der Waals surface area contributed by atoms with E-state index in [0.29, 0.717) is 12.6 Å². The van der Waals surface area contributed by atoms with Crippen molar-refractivity contribution in [1.29, 1.82) is 0 Å². The summed E-state index contributed by atoms with van der Waals surface area (Å²) in [5.41, 5.74) is 1.36. The first kappa shape index (κ1) is 16.3. The molecule has 0 amide bonds. The van der Waals surface area contributed by atoms with Gasteiger partial charge in [-0.3, -0.25) is 0 Å². The van der Waals surface area contributed by atoms with E-state index < -0.39 is 0 Å². The van der Waals surface area contributed by atoms with Crippen LogP contribution in [0.5, 0.6) is 5.75 Å². The third-order valence-corrected chi connectivity index (χ3v) is 4.06. The quantitative estimate of drug-likeness (QED) is 0.833. The van der Waals surface area contributed by atoms with Gasteiger partial charge in [0.1, 0.15) is 18.5 Å². The summed E-state index contributed by atoms with van der Waals surface area (Å²) < 4.78 is 11.5. The van der Waals surface area contributed by atoms with Gasteiger partial charge in [-0.05, 0) is 51.6 Å². The molecule has 1 aliphatic rings. The fourth-order valence-electron chi connectivity index (χ4n) is 2.44. The van der Waals surface area contributed by atoms with Crippen molar-refractivity contribution in [3.8, 4) is 5.75 Å². The van der Waals surface area contributed by atoms with Gasteiger partial charge in [0.05, 0.1) is 6.61 Å². The van der Waals surface area contributed by atoms with Gasteiger partial charge in [-0.25, -0.2) is 0 Å². The predicted octanol–water partition coefficient (Wildman–Crippen LogP) is 1.94. The molecule has 0 radical (unpaired) electrons. The Hall–Kier alpha value is -1.10. The lowest BCUT2D eigenvalue weighted by Gasteiger charge is -2.29. The molecule has 2 rings (SSSR count). The van der Waals surface area contributed by atoms with E-state index in [1.165, 1.54) is 5.56 Å². The summed E-state index contributed by atoms with van der Waals surface area (Å²) in [6.07, 6.45) is 2.43. The van der Waals surface area contributed by atoms with Crippen molar-refractivity contribution in [1.82, 2.24) is 10.2 Å². The molecule has 1 saturated heterocycles. The van der Waals surface area contributed by atoms with Gasteiger partial charge in [-0.1, -0.05) is 12.1 Å². The number of hydrogen-bond donors (Lipinski definition) is 1. The van der Waals surface area contributed by atoms with Crippen LogP contribution in [0.25, 0.3) is 0 Å². The number of hydrogen-bond acceptors (Lipinski definition) is 4. The van der Waals surface area contributed by atoms with Crippen LogP contribution >= 0.6 is 0 Å². The largest absolute Gasteiger partial charge is 0.491 e. The van der Waals surface area contributed by atoms with Crippen molar-refractivity contribution in [3.05, 3.63) is 29.8 Å². The van der Waals surface area contributed by atoms with Crippen LogP contribution < -0.4 is 10.1 Å². The fourth-order valence-corrected chi connectivity index (χ4v) is 2.44.